The summed E-state index contributed by atoms with van der Waals surface area (Å²) in [5, 5.41) is 10.1. The summed E-state index contributed by atoms with van der Waals surface area (Å²) in [5.74, 6) is 3.18. The summed E-state index contributed by atoms with van der Waals surface area (Å²) in [5.41, 5.74) is 3.63. The minimum absolute atomic E-state index is 0.0156. The van der Waals surface area contributed by atoms with Gasteiger partial charge >= 0.3 is 0 Å². The van der Waals surface area contributed by atoms with Gasteiger partial charge in [0.1, 0.15) is 0 Å². The Morgan fingerprint density at radius 3 is 2.00 bits per heavy atom. The Hall–Kier alpha value is -0.300. The van der Waals surface area contributed by atoms with E-state index < -0.39 is 0 Å². The second-order valence-corrected chi connectivity index (χ2v) is 6.14. The molecule has 0 aromatic heterocycles. The Morgan fingerprint density at radius 1 is 0.733 bits per heavy atom. The Morgan fingerprint density at radius 2 is 1.33 bits per heavy atom. The minimum atomic E-state index is 0.0156. The summed E-state index contributed by atoms with van der Waals surface area (Å²) in [6.07, 6.45) is 9.55. The quantitative estimate of drug-likeness (QED) is 0.601. The largest absolute Gasteiger partial charge is 0.392 e. The Labute approximate surface area is 91.6 Å². The molecule has 0 amide bonds. The zero-order chi connectivity index (χ0) is 9.99. The Bertz CT molecular complexity index is 322. The lowest BCUT2D eigenvalue weighted by atomic mass is 9.53. The highest BCUT2D eigenvalue weighted by atomic mass is 16.3. The molecule has 4 bridgehead atoms. The SMILES string of the molecule is O[C@H]1CC2CCC1C1=C2C2CCC1CC2. The average molecular weight is 204 g/mol. The maximum atomic E-state index is 10.1. The van der Waals surface area contributed by atoms with Gasteiger partial charge in [0.05, 0.1) is 6.10 Å². The fraction of sp³-hybridized carbons (Fsp3) is 0.857. The fourth-order valence-corrected chi connectivity index (χ4v) is 5.06. The molecule has 0 spiro atoms. The first-order chi connectivity index (χ1) is 7.34. The van der Waals surface area contributed by atoms with Crippen LogP contribution in [0.2, 0.25) is 0 Å². The molecule has 82 valence electrons. The van der Waals surface area contributed by atoms with Crippen LogP contribution < -0.4 is 0 Å². The molecule has 6 aliphatic rings. The molecule has 3 atom stereocenters. The van der Waals surface area contributed by atoms with Crippen LogP contribution in [0.3, 0.4) is 0 Å². The standard InChI is InChI=1S/C14H20O/c15-12-7-10-5-6-11(12)14-9-3-1-8(2-4-9)13(10)14/h8-12,15H,1-7H2/t8?,9?,10?,11?,12-/m0/s1. The third-order valence-corrected chi connectivity index (χ3v) is 5.60. The van der Waals surface area contributed by atoms with Crippen LogP contribution in [0.15, 0.2) is 11.1 Å². The first kappa shape index (κ1) is 8.81. The van der Waals surface area contributed by atoms with E-state index in [0.29, 0.717) is 5.92 Å². The topological polar surface area (TPSA) is 20.2 Å². The van der Waals surface area contributed by atoms with E-state index in [9.17, 15) is 5.11 Å². The summed E-state index contributed by atoms with van der Waals surface area (Å²) in [6.45, 7) is 0. The summed E-state index contributed by atoms with van der Waals surface area (Å²) in [7, 11) is 0. The highest BCUT2D eigenvalue weighted by molar-refractivity contribution is 5.35. The number of rotatable bonds is 0. The van der Waals surface area contributed by atoms with Crippen molar-refractivity contribution in [1.82, 2.24) is 0 Å². The third-order valence-electron chi connectivity index (χ3n) is 5.60. The minimum Gasteiger partial charge on any atom is -0.392 e. The summed E-state index contributed by atoms with van der Waals surface area (Å²) in [6, 6.07) is 0. The lowest BCUT2D eigenvalue weighted by Crippen LogP contribution is -2.45. The molecule has 0 aromatic carbocycles. The van der Waals surface area contributed by atoms with Crippen LogP contribution in [-0.2, 0) is 0 Å². The van der Waals surface area contributed by atoms with Crippen LogP contribution in [0.1, 0.15) is 44.9 Å². The van der Waals surface area contributed by atoms with Gasteiger partial charge in [0.2, 0.25) is 0 Å². The number of hydrogen-bond acceptors (Lipinski definition) is 1. The first-order valence-corrected chi connectivity index (χ1v) is 6.76. The molecule has 6 aliphatic carbocycles. The van der Waals surface area contributed by atoms with Gasteiger partial charge in [-0.15, -0.1) is 0 Å². The summed E-state index contributed by atoms with van der Waals surface area (Å²) < 4.78 is 0. The van der Waals surface area contributed by atoms with E-state index in [-0.39, 0.29) is 6.10 Å². The number of aliphatic hydroxyl groups excluding tert-OH is 1. The molecule has 2 saturated carbocycles. The van der Waals surface area contributed by atoms with Crippen LogP contribution in [0.5, 0.6) is 0 Å². The molecule has 2 fully saturated rings. The second kappa shape index (κ2) is 2.88. The highest BCUT2D eigenvalue weighted by Crippen LogP contribution is 2.58. The summed E-state index contributed by atoms with van der Waals surface area (Å²) >= 11 is 0. The zero-order valence-corrected chi connectivity index (χ0v) is 9.28. The Kier molecular flexibility index (Phi) is 1.69. The van der Waals surface area contributed by atoms with Crippen LogP contribution in [0, 0.1) is 23.7 Å². The molecule has 6 rings (SSSR count). The van der Waals surface area contributed by atoms with Gasteiger partial charge in [-0.3, -0.25) is 0 Å². The van der Waals surface area contributed by atoms with Crippen molar-refractivity contribution in [2.45, 2.75) is 51.0 Å². The predicted molar refractivity (Wildman–Crippen MR) is 59.3 cm³/mol. The third kappa shape index (κ3) is 1.03. The van der Waals surface area contributed by atoms with E-state index in [1.165, 1.54) is 38.5 Å². The molecule has 0 aliphatic heterocycles. The van der Waals surface area contributed by atoms with Gasteiger partial charge in [-0.2, -0.15) is 0 Å². The molecule has 2 unspecified atom stereocenters. The number of aliphatic hydroxyl groups is 1. The maximum Gasteiger partial charge on any atom is 0.0611 e. The van der Waals surface area contributed by atoms with Crippen molar-refractivity contribution in [3.8, 4) is 0 Å². The van der Waals surface area contributed by atoms with Crippen LogP contribution in [-0.4, -0.2) is 11.2 Å². The van der Waals surface area contributed by atoms with Crippen molar-refractivity contribution in [3.63, 3.8) is 0 Å². The van der Waals surface area contributed by atoms with Gasteiger partial charge in [-0.1, -0.05) is 11.1 Å². The average Bonchev–Trinajstić information content (AvgIpc) is 2.31. The molecular formula is C14H20O. The zero-order valence-electron chi connectivity index (χ0n) is 9.28. The van der Waals surface area contributed by atoms with E-state index in [4.69, 9.17) is 0 Å². The van der Waals surface area contributed by atoms with Gasteiger partial charge in [0, 0.05) is 5.92 Å². The van der Waals surface area contributed by atoms with Crippen molar-refractivity contribution in [2.24, 2.45) is 23.7 Å². The van der Waals surface area contributed by atoms with Gasteiger partial charge in [-0.05, 0) is 62.7 Å². The van der Waals surface area contributed by atoms with Gasteiger partial charge in [0.25, 0.3) is 0 Å². The van der Waals surface area contributed by atoms with Gasteiger partial charge in [-0.25, -0.2) is 0 Å². The molecule has 1 nitrogen and oxygen atoms in total. The number of fused-ring (bicyclic) bond motifs is 4. The number of allylic oxidation sites excluding steroid dienone is 1. The molecule has 15 heavy (non-hydrogen) atoms. The molecule has 1 heteroatoms. The van der Waals surface area contributed by atoms with E-state index in [1.54, 1.807) is 5.57 Å². The maximum absolute atomic E-state index is 10.1. The van der Waals surface area contributed by atoms with E-state index >= 15 is 0 Å². The van der Waals surface area contributed by atoms with Crippen molar-refractivity contribution in [1.29, 1.82) is 0 Å². The van der Waals surface area contributed by atoms with Gasteiger partial charge < -0.3 is 5.11 Å². The molecule has 0 heterocycles. The van der Waals surface area contributed by atoms with Crippen LogP contribution >= 0.6 is 0 Å². The molecule has 0 saturated heterocycles. The smallest absolute Gasteiger partial charge is 0.0611 e. The lowest BCUT2D eigenvalue weighted by Gasteiger charge is -2.53. The second-order valence-electron chi connectivity index (χ2n) is 6.14. The lowest BCUT2D eigenvalue weighted by molar-refractivity contribution is 0.0301. The molecule has 0 aromatic rings. The summed E-state index contributed by atoms with van der Waals surface area (Å²) in [4.78, 5) is 0. The van der Waals surface area contributed by atoms with E-state index in [0.717, 1.165) is 24.2 Å². The number of hydrogen-bond donors (Lipinski definition) is 1. The fourth-order valence-electron chi connectivity index (χ4n) is 5.06. The normalized spacial score (nSPS) is 52.2. The van der Waals surface area contributed by atoms with Crippen molar-refractivity contribution >= 4 is 0 Å². The van der Waals surface area contributed by atoms with Crippen molar-refractivity contribution in [3.05, 3.63) is 11.1 Å². The highest BCUT2D eigenvalue weighted by Gasteiger charge is 2.48. The predicted octanol–water partition coefficient (Wildman–Crippen LogP) is 2.89. The van der Waals surface area contributed by atoms with Gasteiger partial charge in [0.15, 0.2) is 0 Å². The first-order valence-electron chi connectivity index (χ1n) is 6.76. The molecule has 0 radical (unpaired) electrons. The van der Waals surface area contributed by atoms with E-state index in [2.05, 4.69) is 0 Å². The van der Waals surface area contributed by atoms with Crippen LogP contribution in [0.25, 0.3) is 0 Å². The van der Waals surface area contributed by atoms with Crippen LogP contribution in [0.4, 0.5) is 0 Å². The Balaban J connectivity index is 1.86. The monoisotopic (exact) mass is 204 g/mol. The molecule has 1 N–H and O–H groups in total. The van der Waals surface area contributed by atoms with Crippen molar-refractivity contribution < 1.29 is 5.11 Å². The molecular weight excluding hydrogens is 184 g/mol. The van der Waals surface area contributed by atoms with E-state index in [1.807, 2.05) is 5.57 Å². The van der Waals surface area contributed by atoms with Crippen molar-refractivity contribution in [2.75, 3.05) is 0 Å².